The molecule has 0 aliphatic rings. The molecule has 4 heteroatoms. The third-order valence-corrected chi connectivity index (χ3v) is 1.74. The molecule has 4 nitrogen and oxygen atoms in total. The monoisotopic (exact) mass is 240 g/mol. The zero-order chi connectivity index (χ0) is 12.9. The number of carbonyl (C=O) groups is 2. The molecule has 0 N–H and O–H groups in total. The third kappa shape index (κ3) is 10.7. The van der Waals surface area contributed by atoms with E-state index < -0.39 is 11.9 Å². The molecule has 0 bridgehead atoms. The van der Waals surface area contributed by atoms with E-state index in [0.29, 0.717) is 19.6 Å². The Balaban J connectivity index is 3.66. The van der Waals surface area contributed by atoms with Gasteiger partial charge in [-0.05, 0) is 19.3 Å². The highest BCUT2D eigenvalue weighted by molar-refractivity contribution is 5.91. The van der Waals surface area contributed by atoms with Crippen LogP contribution in [-0.4, -0.2) is 25.2 Å². The number of carbonyl (C=O) groups excluding carboxylic acids is 2. The first-order valence-electron chi connectivity index (χ1n) is 5.87. The summed E-state index contributed by atoms with van der Waals surface area (Å²) in [5, 5.41) is 0. The van der Waals surface area contributed by atoms with Crippen LogP contribution >= 0.6 is 0 Å². The Bertz CT molecular complexity index is 279. The summed E-state index contributed by atoms with van der Waals surface area (Å²) in [4.78, 5) is 22.1. The van der Waals surface area contributed by atoms with E-state index in [2.05, 4.69) is 0 Å². The zero-order valence-corrected chi connectivity index (χ0v) is 10.5. The van der Waals surface area contributed by atoms with Crippen molar-refractivity contribution < 1.29 is 19.1 Å². The lowest BCUT2D eigenvalue weighted by atomic mass is 10.3. The van der Waals surface area contributed by atoms with Crippen molar-refractivity contribution in [2.75, 3.05) is 13.2 Å². The average Bonchev–Trinajstić information content (AvgIpc) is 2.33. The van der Waals surface area contributed by atoms with E-state index in [0.717, 1.165) is 25.0 Å². The van der Waals surface area contributed by atoms with Crippen LogP contribution in [0.2, 0.25) is 0 Å². The average molecular weight is 240 g/mol. The minimum Gasteiger partial charge on any atom is -0.463 e. The molecule has 0 aromatic rings. The smallest absolute Gasteiger partial charge is 0.331 e. The standard InChI is InChI=1S/C13H20O4/c1-3-5-6-7-11-17-13(15)9-8-12(14)16-10-4-2/h5-6,8-9H,3-4,7,10-11H2,1-2H3/b6-5+,9-8+. The van der Waals surface area contributed by atoms with Crippen LogP contribution in [0.3, 0.4) is 0 Å². The second kappa shape index (κ2) is 10.9. The van der Waals surface area contributed by atoms with Gasteiger partial charge in [0.1, 0.15) is 0 Å². The van der Waals surface area contributed by atoms with Crippen molar-refractivity contribution in [2.24, 2.45) is 0 Å². The molecule has 0 heterocycles. The second-order valence-corrected chi connectivity index (χ2v) is 3.34. The number of esters is 2. The Morgan fingerprint density at radius 3 is 2.06 bits per heavy atom. The van der Waals surface area contributed by atoms with Gasteiger partial charge in [0.05, 0.1) is 13.2 Å². The van der Waals surface area contributed by atoms with Crippen molar-refractivity contribution in [2.45, 2.75) is 33.1 Å². The van der Waals surface area contributed by atoms with Gasteiger partial charge in [-0.1, -0.05) is 26.0 Å². The van der Waals surface area contributed by atoms with E-state index in [-0.39, 0.29) is 0 Å². The first kappa shape index (κ1) is 15.4. The molecule has 0 atom stereocenters. The quantitative estimate of drug-likeness (QED) is 0.283. The minimum atomic E-state index is -0.525. The van der Waals surface area contributed by atoms with Gasteiger partial charge in [0.15, 0.2) is 0 Å². The van der Waals surface area contributed by atoms with Crippen LogP contribution in [-0.2, 0) is 19.1 Å². The molecule has 0 aliphatic carbocycles. The lowest BCUT2D eigenvalue weighted by molar-refractivity contribution is -0.140. The van der Waals surface area contributed by atoms with Crippen LogP contribution in [0.5, 0.6) is 0 Å². The second-order valence-electron chi connectivity index (χ2n) is 3.34. The molecule has 0 saturated carbocycles. The lowest BCUT2D eigenvalue weighted by Crippen LogP contribution is -2.05. The molecule has 0 radical (unpaired) electrons. The SMILES string of the molecule is CC/C=C/CCOC(=O)/C=C/C(=O)OCCC. The Hall–Kier alpha value is -1.58. The van der Waals surface area contributed by atoms with E-state index in [4.69, 9.17) is 9.47 Å². The highest BCUT2D eigenvalue weighted by atomic mass is 16.5. The summed E-state index contributed by atoms with van der Waals surface area (Å²) in [7, 11) is 0. The number of hydrogen-bond donors (Lipinski definition) is 0. The van der Waals surface area contributed by atoms with Gasteiger partial charge in [-0.3, -0.25) is 0 Å². The molecule has 0 aliphatic heterocycles. The summed E-state index contributed by atoms with van der Waals surface area (Å²) in [5.41, 5.74) is 0. The van der Waals surface area contributed by atoms with Crippen molar-refractivity contribution in [1.82, 2.24) is 0 Å². The van der Waals surface area contributed by atoms with Gasteiger partial charge in [-0.15, -0.1) is 0 Å². The predicted octanol–water partition coefficient (Wildman–Crippen LogP) is 2.40. The molecule has 96 valence electrons. The van der Waals surface area contributed by atoms with Crippen molar-refractivity contribution in [3.05, 3.63) is 24.3 Å². The maximum Gasteiger partial charge on any atom is 0.331 e. The molecule has 0 aromatic heterocycles. The zero-order valence-electron chi connectivity index (χ0n) is 10.5. The first-order chi connectivity index (χ1) is 8.20. The van der Waals surface area contributed by atoms with E-state index in [1.54, 1.807) is 0 Å². The van der Waals surface area contributed by atoms with Crippen molar-refractivity contribution >= 4 is 11.9 Å². The lowest BCUT2D eigenvalue weighted by Gasteiger charge is -1.99. The molecule has 0 amide bonds. The summed E-state index contributed by atoms with van der Waals surface area (Å²) in [6.45, 7) is 4.62. The predicted molar refractivity (Wildman–Crippen MR) is 65.4 cm³/mol. The van der Waals surface area contributed by atoms with Crippen molar-refractivity contribution in [3.8, 4) is 0 Å². The topological polar surface area (TPSA) is 52.6 Å². The number of allylic oxidation sites excluding steroid dienone is 1. The maximum absolute atomic E-state index is 11.1. The molecule has 0 unspecified atom stereocenters. The van der Waals surface area contributed by atoms with E-state index in [9.17, 15) is 9.59 Å². The molecule has 0 aromatic carbocycles. The fourth-order valence-corrected chi connectivity index (χ4v) is 0.947. The van der Waals surface area contributed by atoms with Crippen LogP contribution in [0.4, 0.5) is 0 Å². The van der Waals surface area contributed by atoms with Gasteiger partial charge >= 0.3 is 11.9 Å². The fraction of sp³-hybridized carbons (Fsp3) is 0.538. The summed E-state index contributed by atoms with van der Waals surface area (Å²) in [6, 6.07) is 0. The Morgan fingerprint density at radius 2 is 1.53 bits per heavy atom. The van der Waals surface area contributed by atoms with Gasteiger partial charge in [-0.2, -0.15) is 0 Å². The molecule has 0 fully saturated rings. The fourth-order valence-electron chi connectivity index (χ4n) is 0.947. The van der Waals surface area contributed by atoms with Crippen LogP contribution in [0.15, 0.2) is 24.3 Å². The largest absolute Gasteiger partial charge is 0.463 e. The van der Waals surface area contributed by atoms with E-state index in [1.807, 2.05) is 26.0 Å². The summed E-state index contributed by atoms with van der Waals surface area (Å²) in [5.74, 6) is -1.04. The van der Waals surface area contributed by atoms with Crippen molar-refractivity contribution in [3.63, 3.8) is 0 Å². The molecule has 17 heavy (non-hydrogen) atoms. The number of ether oxygens (including phenoxy) is 2. The van der Waals surface area contributed by atoms with Crippen LogP contribution in [0.1, 0.15) is 33.1 Å². The third-order valence-electron chi connectivity index (χ3n) is 1.74. The molecular weight excluding hydrogens is 220 g/mol. The molecule has 0 spiro atoms. The summed E-state index contributed by atoms with van der Waals surface area (Å²) < 4.78 is 9.61. The minimum absolute atomic E-state index is 0.323. The Morgan fingerprint density at radius 1 is 0.941 bits per heavy atom. The van der Waals surface area contributed by atoms with Gasteiger partial charge in [0.25, 0.3) is 0 Å². The van der Waals surface area contributed by atoms with Gasteiger partial charge in [0, 0.05) is 12.2 Å². The molecule has 0 rings (SSSR count). The maximum atomic E-state index is 11.1. The number of hydrogen-bond acceptors (Lipinski definition) is 4. The number of rotatable bonds is 8. The van der Waals surface area contributed by atoms with E-state index >= 15 is 0 Å². The van der Waals surface area contributed by atoms with Crippen LogP contribution in [0.25, 0.3) is 0 Å². The highest BCUT2D eigenvalue weighted by Crippen LogP contribution is 1.91. The van der Waals surface area contributed by atoms with E-state index in [1.165, 1.54) is 0 Å². The van der Waals surface area contributed by atoms with Gasteiger partial charge in [-0.25, -0.2) is 9.59 Å². The Kier molecular flexibility index (Phi) is 9.91. The van der Waals surface area contributed by atoms with Crippen LogP contribution < -0.4 is 0 Å². The summed E-state index contributed by atoms with van der Waals surface area (Å²) >= 11 is 0. The summed E-state index contributed by atoms with van der Waals surface area (Å²) in [6.07, 6.45) is 8.54. The highest BCUT2D eigenvalue weighted by Gasteiger charge is 1.99. The first-order valence-corrected chi connectivity index (χ1v) is 5.87. The van der Waals surface area contributed by atoms with Crippen molar-refractivity contribution in [1.29, 1.82) is 0 Å². The molecular formula is C13H20O4. The van der Waals surface area contributed by atoms with Gasteiger partial charge in [0.2, 0.25) is 0 Å². The van der Waals surface area contributed by atoms with Crippen LogP contribution in [0, 0.1) is 0 Å². The Labute approximate surface area is 102 Å². The molecule has 0 saturated heterocycles. The normalized spacial score (nSPS) is 10.9. The van der Waals surface area contributed by atoms with Gasteiger partial charge < -0.3 is 9.47 Å².